The number of nitrogens with zero attached hydrogens (tertiary/aromatic N) is 1. The van der Waals surface area contributed by atoms with Crippen molar-refractivity contribution < 1.29 is 4.79 Å². The number of amides is 2. The average molecular weight is 184 g/mol. The van der Waals surface area contributed by atoms with Gasteiger partial charge in [-0.2, -0.15) is 0 Å². The highest BCUT2D eigenvalue weighted by atomic mass is 16.2. The highest BCUT2D eigenvalue weighted by molar-refractivity contribution is 5.75. The molecule has 0 radical (unpaired) electrons. The van der Waals surface area contributed by atoms with Crippen LogP contribution in [0.25, 0.3) is 0 Å². The molecule has 0 unspecified atom stereocenters. The third-order valence-corrected chi connectivity index (χ3v) is 3.17. The minimum atomic E-state index is 0.107. The minimum Gasteiger partial charge on any atom is -0.338 e. The molecule has 1 saturated heterocycles. The van der Waals surface area contributed by atoms with Gasteiger partial charge in [-0.3, -0.25) is 0 Å². The molecule has 1 aliphatic carbocycles. The Kier molecular flexibility index (Phi) is 3.17. The van der Waals surface area contributed by atoms with Crippen LogP contribution in [0.4, 0.5) is 4.79 Å². The Morgan fingerprint density at radius 3 is 2.31 bits per heavy atom. The molecule has 0 atom stereocenters. The Bertz CT molecular complexity index is 187. The topological polar surface area (TPSA) is 32.3 Å². The van der Waals surface area contributed by atoms with Gasteiger partial charge in [-0.1, -0.05) is 13.8 Å². The van der Waals surface area contributed by atoms with Gasteiger partial charge in [0.15, 0.2) is 0 Å². The Labute approximate surface area is 80.5 Å². The van der Waals surface area contributed by atoms with Crippen molar-refractivity contribution in [1.82, 2.24) is 10.2 Å². The second kappa shape index (κ2) is 3.99. The molecular weight excluding hydrogens is 164 g/mol. The van der Waals surface area contributed by atoms with E-state index in [2.05, 4.69) is 5.32 Å². The van der Waals surface area contributed by atoms with Gasteiger partial charge in [0.2, 0.25) is 0 Å². The van der Waals surface area contributed by atoms with Crippen LogP contribution in [-0.2, 0) is 0 Å². The van der Waals surface area contributed by atoms with Gasteiger partial charge >= 0.3 is 6.03 Å². The maximum atomic E-state index is 11.2. The van der Waals surface area contributed by atoms with E-state index in [9.17, 15) is 4.79 Å². The summed E-state index contributed by atoms with van der Waals surface area (Å²) in [6, 6.07) is 0.107. The molecular formula is C10H20N2O. The molecule has 0 aromatic heterocycles. The number of nitrogens with one attached hydrogen (secondary N) is 1. The van der Waals surface area contributed by atoms with Crippen LogP contribution in [0.3, 0.4) is 0 Å². The molecule has 3 heteroatoms. The molecule has 1 saturated carbocycles. The first-order valence-corrected chi connectivity index (χ1v) is 5.26. The van der Waals surface area contributed by atoms with E-state index >= 15 is 0 Å². The normalized spacial score (nSPS) is 24.2. The first-order chi connectivity index (χ1) is 6.25. The third-order valence-electron chi connectivity index (χ3n) is 3.17. The van der Waals surface area contributed by atoms with Crippen LogP contribution < -0.4 is 5.32 Å². The third kappa shape index (κ3) is 1.64. The fourth-order valence-electron chi connectivity index (χ4n) is 2.07. The van der Waals surface area contributed by atoms with Crippen LogP contribution in [0.2, 0.25) is 0 Å². The first-order valence-electron chi connectivity index (χ1n) is 5.26. The minimum absolute atomic E-state index is 0.107. The lowest BCUT2D eigenvalue weighted by Crippen LogP contribution is -2.62. The Balaban J connectivity index is 0.000000396. The summed E-state index contributed by atoms with van der Waals surface area (Å²) in [7, 11) is 1.91. The fraction of sp³-hybridized carbons (Fsp3) is 0.900. The maximum Gasteiger partial charge on any atom is 0.317 e. The monoisotopic (exact) mass is 184 g/mol. The molecule has 2 amide bonds. The quantitative estimate of drug-likeness (QED) is 0.613. The summed E-state index contributed by atoms with van der Waals surface area (Å²) < 4.78 is 0. The number of urea groups is 1. The smallest absolute Gasteiger partial charge is 0.317 e. The molecule has 0 aromatic rings. The summed E-state index contributed by atoms with van der Waals surface area (Å²) in [6.45, 7) is 4.86. The molecule has 1 aliphatic heterocycles. The summed E-state index contributed by atoms with van der Waals surface area (Å²) in [5.74, 6) is 0. The van der Waals surface area contributed by atoms with Gasteiger partial charge in [0, 0.05) is 19.1 Å². The van der Waals surface area contributed by atoms with Crippen molar-refractivity contribution in [3.8, 4) is 0 Å². The number of hydrogen-bond acceptors (Lipinski definition) is 1. The molecule has 13 heavy (non-hydrogen) atoms. The van der Waals surface area contributed by atoms with E-state index in [1.54, 1.807) is 0 Å². The second-order valence-corrected chi connectivity index (χ2v) is 3.62. The molecule has 1 spiro atoms. The van der Waals surface area contributed by atoms with E-state index < -0.39 is 0 Å². The van der Waals surface area contributed by atoms with Crippen molar-refractivity contribution in [2.45, 2.75) is 45.1 Å². The van der Waals surface area contributed by atoms with Crippen LogP contribution in [0.15, 0.2) is 0 Å². The lowest BCUT2D eigenvalue weighted by atomic mass is 9.72. The summed E-state index contributed by atoms with van der Waals surface area (Å²) >= 11 is 0. The predicted octanol–water partition coefficient (Wildman–Crippen LogP) is 1.98. The van der Waals surface area contributed by atoms with Gasteiger partial charge in [-0.05, 0) is 25.7 Å². The van der Waals surface area contributed by atoms with Crippen molar-refractivity contribution >= 4 is 6.03 Å². The molecule has 1 N–H and O–H groups in total. The number of hydrogen-bond donors (Lipinski definition) is 1. The van der Waals surface area contributed by atoms with Crippen LogP contribution >= 0.6 is 0 Å². The van der Waals surface area contributed by atoms with E-state index in [0.29, 0.717) is 0 Å². The Hall–Kier alpha value is -0.730. The van der Waals surface area contributed by atoms with Crippen LogP contribution in [0.5, 0.6) is 0 Å². The highest BCUT2D eigenvalue weighted by Gasteiger charge is 2.44. The summed E-state index contributed by atoms with van der Waals surface area (Å²) in [5.41, 5.74) is 0.252. The molecule has 0 bridgehead atoms. The summed E-state index contributed by atoms with van der Waals surface area (Å²) in [6.07, 6.45) is 4.83. The molecule has 3 nitrogen and oxygen atoms in total. The molecule has 0 aromatic carbocycles. The number of carbonyl (C=O) groups is 1. The molecule has 1 heterocycles. The summed E-state index contributed by atoms with van der Waals surface area (Å²) in [5, 5.41) is 2.84. The molecule has 2 aliphatic rings. The largest absolute Gasteiger partial charge is 0.338 e. The van der Waals surface area contributed by atoms with Gasteiger partial charge in [0.25, 0.3) is 0 Å². The standard InChI is InChI=1S/C8H14N2O.C2H6/c1-10-7(11)9-6-5-8(10)3-2-4-8;1-2/h2-6H2,1H3,(H,9,11);1-2H3. The van der Waals surface area contributed by atoms with E-state index in [1.807, 2.05) is 25.8 Å². The maximum absolute atomic E-state index is 11.2. The van der Waals surface area contributed by atoms with Crippen LogP contribution in [0.1, 0.15) is 39.5 Å². The van der Waals surface area contributed by atoms with Crippen molar-refractivity contribution in [3.63, 3.8) is 0 Å². The fourth-order valence-corrected chi connectivity index (χ4v) is 2.07. The molecule has 2 fully saturated rings. The van der Waals surface area contributed by atoms with E-state index in [-0.39, 0.29) is 11.6 Å². The zero-order chi connectivity index (χ0) is 9.90. The zero-order valence-corrected chi connectivity index (χ0v) is 8.89. The molecule has 76 valence electrons. The first kappa shape index (κ1) is 10.4. The number of carbonyl (C=O) groups excluding carboxylic acids is 1. The van der Waals surface area contributed by atoms with E-state index in [0.717, 1.165) is 13.0 Å². The second-order valence-electron chi connectivity index (χ2n) is 3.62. The van der Waals surface area contributed by atoms with Crippen LogP contribution in [-0.4, -0.2) is 30.1 Å². The van der Waals surface area contributed by atoms with Crippen molar-refractivity contribution in [2.75, 3.05) is 13.6 Å². The summed E-state index contributed by atoms with van der Waals surface area (Å²) in [4.78, 5) is 13.1. The van der Waals surface area contributed by atoms with Crippen molar-refractivity contribution in [3.05, 3.63) is 0 Å². The van der Waals surface area contributed by atoms with Crippen LogP contribution in [0, 0.1) is 0 Å². The van der Waals surface area contributed by atoms with Gasteiger partial charge in [0.05, 0.1) is 0 Å². The Morgan fingerprint density at radius 2 is 1.92 bits per heavy atom. The average Bonchev–Trinajstić information content (AvgIpc) is 2.11. The van der Waals surface area contributed by atoms with Crippen molar-refractivity contribution in [1.29, 1.82) is 0 Å². The molecule has 2 rings (SSSR count). The van der Waals surface area contributed by atoms with Gasteiger partial charge in [-0.25, -0.2) is 4.79 Å². The highest BCUT2D eigenvalue weighted by Crippen LogP contribution is 2.40. The SMILES string of the molecule is CC.CN1C(=O)NCCC12CCC2. The number of rotatable bonds is 0. The predicted molar refractivity (Wildman–Crippen MR) is 53.7 cm³/mol. The van der Waals surface area contributed by atoms with Crippen molar-refractivity contribution in [2.24, 2.45) is 0 Å². The van der Waals surface area contributed by atoms with Gasteiger partial charge in [-0.15, -0.1) is 0 Å². The zero-order valence-electron chi connectivity index (χ0n) is 8.89. The Morgan fingerprint density at radius 1 is 1.31 bits per heavy atom. The van der Waals surface area contributed by atoms with E-state index in [1.165, 1.54) is 19.3 Å². The lowest BCUT2D eigenvalue weighted by molar-refractivity contribution is 0.0411. The van der Waals surface area contributed by atoms with Gasteiger partial charge in [0.1, 0.15) is 0 Å². The lowest BCUT2D eigenvalue weighted by Gasteiger charge is -2.51. The van der Waals surface area contributed by atoms with Gasteiger partial charge < -0.3 is 10.2 Å². The van der Waals surface area contributed by atoms with E-state index in [4.69, 9.17) is 0 Å².